The summed E-state index contributed by atoms with van der Waals surface area (Å²) >= 11 is 0. The van der Waals surface area contributed by atoms with E-state index in [9.17, 15) is 9.59 Å². The molecule has 7 heteroatoms. The largest absolute Gasteiger partial charge is 0.467 e. The van der Waals surface area contributed by atoms with Gasteiger partial charge >= 0.3 is 12.1 Å². The molecule has 1 aliphatic rings. The van der Waals surface area contributed by atoms with Crippen LogP contribution >= 0.6 is 0 Å². The summed E-state index contributed by atoms with van der Waals surface area (Å²) in [5, 5.41) is 3.28. The van der Waals surface area contributed by atoms with E-state index in [4.69, 9.17) is 9.15 Å². The molecule has 7 nitrogen and oxygen atoms in total. The highest BCUT2D eigenvalue weighted by atomic mass is 16.6. The SMILES string of the molecule is COC(=O)c1coc(CNCCC2CCCN2C(=O)OC(C)(C)C)c1. The van der Waals surface area contributed by atoms with E-state index in [0.29, 0.717) is 17.9 Å². The Morgan fingerprint density at radius 1 is 1.40 bits per heavy atom. The van der Waals surface area contributed by atoms with E-state index in [1.54, 1.807) is 6.07 Å². The fourth-order valence-corrected chi connectivity index (χ4v) is 2.88. The van der Waals surface area contributed by atoms with E-state index in [2.05, 4.69) is 10.1 Å². The van der Waals surface area contributed by atoms with Crippen LogP contribution in [0.5, 0.6) is 0 Å². The molecule has 1 aliphatic heterocycles. The molecular formula is C18H28N2O5. The van der Waals surface area contributed by atoms with Crippen molar-refractivity contribution >= 4 is 12.1 Å². The molecule has 1 atom stereocenters. The van der Waals surface area contributed by atoms with Crippen LogP contribution in [0.4, 0.5) is 4.79 Å². The summed E-state index contributed by atoms with van der Waals surface area (Å²) in [4.78, 5) is 25.5. The van der Waals surface area contributed by atoms with Gasteiger partial charge < -0.3 is 24.1 Å². The molecule has 1 saturated heterocycles. The summed E-state index contributed by atoms with van der Waals surface area (Å²) in [6, 6.07) is 1.87. The van der Waals surface area contributed by atoms with Crippen molar-refractivity contribution in [3.05, 3.63) is 23.7 Å². The number of hydrogen-bond acceptors (Lipinski definition) is 6. The van der Waals surface area contributed by atoms with Crippen LogP contribution in [0.3, 0.4) is 0 Å². The first-order valence-corrected chi connectivity index (χ1v) is 8.66. The summed E-state index contributed by atoms with van der Waals surface area (Å²) in [7, 11) is 1.34. The number of esters is 1. The molecule has 0 radical (unpaired) electrons. The van der Waals surface area contributed by atoms with Crippen molar-refractivity contribution in [1.82, 2.24) is 10.2 Å². The minimum atomic E-state index is -0.473. The van der Waals surface area contributed by atoms with Crippen LogP contribution in [0, 0.1) is 0 Å². The van der Waals surface area contributed by atoms with E-state index < -0.39 is 11.6 Å². The second-order valence-corrected chi connectivity index (χ2v) is 7.23. The quantitative estimate of drug-likeness (QED) is 0.626. The van der Waals surface area contributed by atoms with Gasteiger partial charge in [0, 0.05) is 12.6 Å². The summed E-state index contributed by atoms with van der Waals surface area (Å²) in [6.07, 6.45) is 4.01. The number of methoxy groups -OCH3 is 1. The molecule has 0 aliphatic carbocycles. The molecular weight excluding hydrogens is 324 g/mol. The van der Waals surface area contributed by atoms with Crippen LogP contribution in [0.15, 0.2) is 16.7 Å². The van der Waals surface area contributed by atoms with E-state index >= 15 is 0 Å². The van der Waals surface area contributed by atoms with Crippen molar-refractivity contribution in [3.63, 3.8) is 0 Å². The fourth-order valence-electron chi connectivity index (χ4n) is 2.88. The van der Waals surface area contributed by atoms with Crippen LogP contribution in [-0.4, -0.2) is 48.8 Å². The molecule has 0 spiro atoms. The molecule has 1 fully saturated rings. The number of furan rings is 1. The molecule has 0 aromatic carbocycles. The number of amides is 1. The van der Waals surface area contributed by atoms with Crippen LogP contribution in [0.1, 0.15) is 56.2 Å². The zero-order valence-electron chi connectivity index (χ0n) is 15.5. The zero-order valence-corrected chi connectivity index (χ0v) is 15.5. The average molecular weight is 352 g/mol. The molecule has 0 bridgehead atoms. The zero-order chi connectivity index (χ0) is 18.4. The molecule has 2 rings (SSSR count). The molecule has 1 N–H and O–H groups in total. The first-order chi connectivity index (χ1) is 11.8. The number of carbonyl (C=O) groups is 2. The number of carbonyl (C=O) groups excluding carboxylic acids is 2. The Labute approximate surface area is 148 Å². The number of likely N-dealkylation sites (tertiary alicyclic amines) is 1. The minimum Gasteiger partial charge on any atom is -0.467 e. The monoisotopic (exact) mass is 352 g/mol. The van der Waals surface area contributed by atoms with Crippen molar-refractivity contribution in [2.45, 2.75) is 58.2 Å². The van der Waals surface area contributed by atoms with Gasteiger partial charge in [-0.15, -0.1) is 0 Å². The first-order valence-electron chi connectivity index (χ1n) is 8.66. The maximum absolute atomic E-state index is 12.2. The highest BCUT2D eigenvalue weighted by molar-refractivity contribution is 5.88. The third-order valence-corrected chi connectivity index (χ3v) is 4.03. The molecule has 1 unspecified atom stereocenters. The van der Waals surface area contributed by atoms with Crippen LogP contribution in [0.25, 0.3) is 0 Å². The number of nitrogens with zero attached hydrogens (tertiary/aromatic N) is 1. The lowest BCUT2D eigenvalue weighted by Gasteiger charge is -2.28. The van der Waals surface area contributed by atoms with Gasteiger partial charge in [-0.3, -0.25) is 0 Å². The van der Waals surface area contributed by atoms with Gasteiger partial charge in [-0.2, -0.15) is 0 Å². The molecule has 1 aromatic heterocycles. The van der Waals surface area contributed by atoms with Gasteiger partial charge in [0.15, 0.2) is 0 Å². The Bertz CT molecular complexity index is 591. The van der Waals surface area contributed by atoms with Crippen molar-refractivity contribution in [1.29, 1.82) is 0 Å². The van der Waals surface area contributed by atoms with Crippen molar-refractivity contribution in [2.75, 3.05) is 20.2 Å². The summed E-state index contributed by atoms with van der Waals surface area (Å²) in [6.45, 7) is 7.66. The highest BCUT2D eigenvalue weighted by Crippen LogP contribution is 2.22. The van der Waals surface area contributed by atoms with E-state index in [0.717, 1.165) is 32.4 Å². The smallest absolute Gasteiger partial charge is 0.410 e. The maximum Gasteiger partial charge on any atom is 0.410 e. The lowest BCUT2D eigenvalue weighted by atomic mass is 10.1. The molecule has 0 saturated carbocycles. The molecule has 25 heavy (non-hydrogen) atoms. The van der Waals surface area contributed by atoms with Crippen molar-refractivity contribution in [2.24, 2.45) is 0 Å². The van der Waals surface area contributed by atoms with E-state index in [-0.39, 0.29) is 12.1 Å². The molecule has 1 aromatic rings. The number of nitrogens with one attached hydrogen (secondary N) is 1. The summed E-state index contributed by atoms with van der Waals surface area (Å²) in [5.74, 6) is 0.268. The van der Waals surface area contributed by atoms with Gasteiger partial charge in [-0.05, 0) is 52.6 Å². The fraction of sp³-hybridized carbons (Fsp3) is 0.667. The number of hydrogen-bond donors (Lipinski definition) is 1. The van der Waals surface area contributed by atoms with Gasteiger partial charge in [-0.25, -0.2) is 9.59 Å². The topological polar surface area (TPSA) is 81.0 Å². The van der Waals surface area contributed by atoms with E-state index in [1.165, 1.54) is 13.4 Å². The predicted molar refractivity (Wildman–Crippen MR) is 92.3 cm³/mol. The predicted octanol–water partition coefficient (Wildman–Crippen LogP) is 2.95. The van der Waals surface area contributed by atoms with Crippen LogP contribution in [0.2, 0.25) is 0 Å². The van der Waals surface area contributed by atoms with Gasteiger partial charge in [0.25, 0.3) is 0 Å². The number of rotatable bonds is 6. The lowest BCUT2D eigenvalue weighted by molar-refractivity contribution is 0.0220. The Morgan fingerprint density at radius 2 is 2.16 bits per heavy atom. The lowest BCUT2D eigenvalue weighted by Crippen LogP contribution is -2.40. The third kappa shape index (κ3) is 5.77. The second kappa shape index (κ2) is 8.38. The van der Waals surface area contributed by atoms with Gasteiger partial charge in [0.1, 0.15) is 17.6 Å². The standard InChI is InChI=1S/C18H28N2O5/c1-18(2,3)25-17(22)20-9-5-6-14(20)7-8-19-11-15-10-13(12-24-15)16(21)23-4/h10,12,14,19H,5-9,11H2,1-4H3. The normalized spacial score (nSPS) is 17.6. The van der Waals surface area contributed by atoms with Gasteiger partial charge in [0.2, 0.25) is 0 Å². The maximum atomic E-state index is 12.2. The molecule has 140 valence electrons. The van der Waals surface area contributed by atoms with E-state index in [1.807, 2.05) is 25.7 Å². The first kappa shape index (κ1) is 19.3. The van der Waals surface area contributed by atoms with Crippen LogP contribution in [-0.2, 0) is 16.0 Å². The Morgan fingerprint density at radius 3 is 2.84 bits per heavy atom. The van der Waals surface area contributed by atoms with Gasteiger partial charge in [-0.1, -0.05) is 0 Å². The molecule has 2 heterocycles. The van der Waals surface area contributed by atoms with Crippen molar-refractivity contribution < 1.29 is 23.5 Å². The Hall–Kier alpha value is -2.02. The second-order valence-electron chi connectivity index (χ2n) is 7.23. The Kier molecular flexibility index (Phi) is 6.47. The average Bonchev–Trinajstić information content (AvgIpc) is 3.18. The van der Waals surface area contributed by atoms with Crippen LogP contribution < -0.4 is 5.32 Å². The van der Waals surface area contributed by atoms with Crippen molar-refractivity contribution in [3.8, 4) is 0 Å². The Balaban J connectivity index is 1.74. The summed E-state index contributed by atoms with van der Waals surface area (Å²) < 4.78 is 15.4. The third-order valence-electron chi connectivity index (χ3n) is 4.03. The van der Waals surface area contributed by atoms with Gasteiger partial charge in [0.05, 0.1) is 19.2 Å². The number of ether oxygens (including phenoxy) is 2. The minimum absolute atomic E-state index is 0.199. The highest BCUT2D eigenvalue weighted by Gasteiger charge is 2.31. The molecule has 1 amide bonds. The summed E-state index contributed by atoms with van der Waals surface area (Å²) in [5.41, 5.74) is -0.0646.